The minimum absolute atomic E-state index is 1.29. The first-order valence-corrected chi connectivity index (χ1v) is 15.3. The second kappa shape index (κ2) is 8.48. The van der Waals surface area contributed by atoms with Crippen molar-refractivity contribution < 1.29 is 0 Å². The Morgan fingerprint density at radius 2 is 1.25 bits per heavy atom. The highest BCUT2D eigenvalue weighted by Gasteiger charge is 2.35. The molecule has 180 valence electrons. The second-order valence-electron chi connectivity index (χ2n) is 10.1. The molecular formula is C33H30S3. The number of hydrogen-bond acceptors (Lipinski definition) is 3. The number of allylic oxidation sites excluding steroid dienone is 3. The van der Waals surface area contributed by atoms with E-state index in [0.717, 1.165) is 0 Å². The summed E-state index contributed by atoms with van der Waals surface area (Å²) >= 11 is 5.72. The van der Waals surface area contributed by atoms with Crippen molar-refractivity contribution in [2.75, 3.05) is 6.26 Å². The third-order valence-corrected chi connectivity index (χ3v) is 10.5. The minimum Gasteiger partial charge on any atom is -0.143 e. The first-order chi connectivity index (χ1) is 17.3. The van der Waals surface area contributed by atoms with Gasteiger partial charge in [-0.2, -0.15) is 0 Å². The van der Waals surface area contributed by atoms with Crippen LogP contribution in [0, 0.1) is 41.5 Å². The Hall–Kier alpha value is -2.59. The van der Waals surface area contributed by atoms with Gasteiger partial charge in [-0.3, -0.25) is 0 Å². The molecule has 0 aliphatic heterocycles. The Labute approximate surface area is 226 Å². The van der Waals surface area contributed by atoms with Gasteiger partial charge in [0.05, 0.1) is 0 Å². The van der Waals surface area contributed by atoms with Crippen LogP contribution in [0.25, 0.3) is 27.8 Å². The summed E-state index contributed by atoms with van der Waals surface area (Å²) in [5.41, 5.74) is 19.2. The van der Waals surface area contributed by atoms with Crippen LogP contribution in [0.3, 0.4) is 0 Å². The number of thioether (sulfide) groups is 1. The number of aryl methyl sites for hydroxylation is 6. The molecule has 0 spiro atoms. The third kappa shape index (κ3) is 3.19. The second-order valence-corrected chi connectivity index (χ2v) is 12.9. The summed E-state index contributed by atoms with van der Waals surface area (Å²) in [5, 5.41) is 2.26. The molecule has 0 N–H and O–H groups in total. The summed E-state index contributed by atoms with van der Waals surface area (Å²) in [6.07, 6.45) is 4.30. The number of fused-ring (bicyclic) bond motifs is 5. The first kappa shape index (κ1) is 23.8. The van der Waals surface area contributed by atoms with Crippen molar-refractivity contribution in [3.05, 3.63) is 117 Å². The molecule has 2 aliphatic carbocycles. The molecule has 2 aromatic carbocycles. The lowest BCUT2D eigenvalue weighted by Crippen LogP contribution is -2.07. The predicted octanol–water partition coefficient (Wildman–Crippen LogP) is 8.36. The van der Waals surface area contributed by atoms with Crippen LogP contribution in [0.5, 0.6) is 0 Å². The molecule has 6 rings (SSSR count). The molecule has 2 aliphatic rings. The van der Waals surface area contributed by atoms with Crippen molar-refractivity contribution in [1.29, 1.82) is 0 Å². The molecule has 0 atom stereocenters. The molecule has 2 aromatic heterocycles. The van der Waals surface area contributed by atoms with Gasteiger partial charge in [0.15, 0.2) is 0 Å². The van der Waals surface area contributed by atoms with E-state index in [2.05, 4.69) is 96.2 Å². The lowest BCUT2D eigenvalue weighted by atomic mass is 9.94. The summed E-state index contributed by atoms with van der Waals surface area (Å²) < 4.78 is 2.84. The van der Waals surface area contributed by atoms with Gasteiger partial charge in [0.25, 0.3) is 0 Å². The molecule has 3 heteroatoms. The quantitative estimate of drug-likeness (QED) is 0.228. The maximum atomic E-state index is 4.31. The van der Waals surface area contributed by atoms with E-state index in [1.807, 2.05) is 34.4 Å². The van der Waals surface area contributed by atoms with E-state index in [1.165, 1.54) is 96.8 Å². The Kier molecular flexibility index (Phi) is 5.60. The van der Waals surface area contributed by atoms with Crippen LogP contribution in [-0.2, 0) is 0 Å². The fourth-order valence-corrected chi connectivity index (χ4v) is 9.81. The molecule has 0 radical (unpaired) electrons. The van der Waals surface area contributed by atoms with Crippen LogP contribution >= 0.6 is 34.4 Å². The maximum Gasteiger partial charge on any atom is 0.0455 e. The van der Waals surface area contributed by atoms with Crippen LogP contribution in [-0.4, -0.2) is 6.26 Å². The summed E-state index contributed by atoms with van der Waals surface area (Å²) in [6.45, 7) is 17.8. The van der Waals surface area contributed by atoms with Crippen molar-refractivity contribution >= 4 is 51.2 Å². The van der Waals surface area contributed by atoms with Crippen molar-refractivity contribution in [3.63, 3.8) is 0 Å². The average Bonchev–Trinajstić information content (AvgIpc) is 3.52. The van der Waals surface area contributed by atoms with E-state index in [4.69, 9.17) is 0 Å². The van der Waals surface area contributed by atoms with Crippen LogP contribution < -0.4 is 9.06 Å². The summed E-state index contributed by atoms with van der Waals surface area (Å²) in [4.78, 5) is 2.77. The van der Waals surface area contributed by atoms with Crippen LogP contribution in [0.2, 0.25) is 0 Å². The summed E-state index contributed by atoms with van der Waals surface area (Å²) in [7, 11) is 0. The largest absolute Gasteiger partial charge is 0.143 e. The van der Waals surface area contributed by atoms with Crippen molar-refractivity contribution in [2.45, 2.75) is 41.5 Å². The minimum atomic E-state index is 1.29. The van der Waals surface area contributed by atoms with E-state index in [-0.39, 0.29) is 0 Å². The highest BCUT2D eigenvalue weighted by molar-refractivity contribution is 8.03. The van der Waals surface area contributed by atoms with E-state index in [9.17, 15) is 0 Å². The molecule has 0 amide bonds. The van der Waals surface area contributed by atoms with Gasteiger partial charge in [-0.1, -0.05) is 48.0 Å². The smallest absolute Gasteiger partial charge is 0.0455 e. The van der Waals surface area contributed by atoms with E-state index < -0.39 is 0 Å². The Bertz CT molecular complexity index is 1740. The molecule has 0 nitrogen and oxygen atoms in total. The molecule has 2 heterocycles. The topological polar surface area (TPSA) is 0 Å². The van der Waals surface area contributed by atoms with Gasteiger partial charge in [-0.05, 0) is 98.2 Å². The molecule has 0 fully saturated rings. The van der Waals surface area contributed by atoms with Gasteiger partial charge in [0, 0.05) is 46.7 Å². The SMILES string of the molecule is C=CC1=C(SC)C(c2c(C)cc(C)cc2C)=c2sc3c(c21)-c1ccsc1C=3c1c(C)cc(C)cc1C. The van der Waals surface area contributed by atoms with Gasteiger partial charge < -0.3 is 0 Å². The molecule has 0 saturated carbocycles. The summed E-state index contributed by atoms with van der Waals surface area (Å²) in [5.74, 6) is 0. The zero-order chi connectivity index (χ0) is 25.5. The number of benzene rings is 2. The number of rotatable bonds is 4. The molecule has 0 bridgehead atoms. The molecular weight excluding hydrogens is 493 g/mol. The lowest BCUT2D eigenvalue weighted by Gasteiger charge is -2.15. The van der Waals surface area contributed by atoms with Gasteiger partial charge in [-0.25, -0.2) is 0 Å². The Morgan fingerprint density at radius 3 is 1.78 bits per heavy atom. The van der Waals surface area contributed by atoms with E-state index in [1.54, 1.807) is 0 Å². The highest BCUT2D eigenvalue weighted by atomic mass is 32.2. The van der Waals surface area contributed by atoms with Gasteiger partial charge >= 0.3 is 0 Å². The average molecular weight is 523 g/mol. The van der Waals surface area contributed by atoms with E-state index >= 15 is 0 Å². The van der Waals surface area contributed by atoms with Gasteiger partial charge in [0.2, 0.25) is 0 Å². The van der Waals surface area contributed by atoms with Crippen LogP contribution in [0.4, 0.5) is 0 Å². The lowest BCUT2D eigenvalue weighted by molar-refractivity contribution is 1.29. The van der Waals surface area contributed by atoms with E-state index in [0.29, 0.717) is 0 Å². The van der Waals surface area contributed by atoms with Gasteiger partial charge in [0.1, 0.15) is 0 Å². The van der Waals surface area contributed by atoms with Crippen molar-refractivity contribution in [1.82, 2.24) is 0 Å². The third-order valence-electron chi connectivity index (χ3n) is 7.53. The normalized spacial score (nSPS) is 14.0. The zero-order valence-corrected chi connectivity index (χ0v) is 24.4. The Balaban J connectivity index is 1.82. The fourth-order valence-electron chi connectivity index (χ4n) is 6.46. The molecule has 0 saturated heterocycles. The standard InChI is InChI=1S/C33H30S3/c1-9-22-26-27-23-10-11-35-31(23)29(25-20(6)14-17(3)15-21(25)7)33(27)36-32(26)28(30(22)34-8)24-18(4)12-16(2)13-19(24)5/h9-15H,1H2,2-8H3. The van der Waals surface area contributed by atoms with Crippen LogP contribution in [0.15, 0.2) is 53.3 Å². The van der Waals surface area contributed by atoms with Crippen LogP contribution in [0.1, 0.15) is 54.9 Å². The molecule has 4 aromatic rings. The maximum absolute atomic E-state index is 4.31. The van der Waals surface area contributed by atoms with Crippen molar-refractivity contribution in [2.24, 2.45) is 0 Å². The monoisotopic (exact) mass is 522 g/mol. The first-order valence-electron chi connectivity index (χ1n) is 12.3. The Morgan fingerprint density at radius 1 is 0.722 bits per heavy atom. The molecule has 36 heavy (non-hydrogen) atoms. The summed E-state index contributed by atoms with van der Waals surface area (Å²) in [6, 6.07) is 11.7. The number of thiophene rings is 2. The van der Waals surface area contributed by atoms with Gasteiger partial charge in [-0.15, -0.1) is 34.4 Å². The predicted molar refractivity (Wildman–Crippen MR) is 163 cm³/mol. The highest BCUT2D eigenvalue weighted by Crippen LogP contribution is 2.49. The fraction of sp³-hybridized carbons (Fsp3) is 0.212. The van der Waals surface area contributed by atoms with Crippen molar-refractivity contribution in [3.8, 4) is 11.1 Å². The zero-order valence-electron chi connectivity index (χ0n) is 22.0. The number of hydrogen-bond donors (Lipinski definition) is 0. The molecule has 0 unspecified atom stereocenters.